The van der Waals surface area contributed by atoms with E-state index in [1.54, 1.807) is 22.6 Å². The molecule has 3 rings (SSSR count). The minimum absolute atomic E-state index is 0.634. The molecule has 0 amide bonds. The first-order valence-corrected chi connectivity index (χ1v) is 6.22. The molecule has 1 atom stereocenters. The lowest BCUT2D eigenvalue weighted by Gasteiger charge is -2.09. The van der Waals surface area contributed by atoms with Gasteiger partial charge in [0.15, 0.2) is 4.90 Å². The van der Waals surface area contributed by atoms with E-state index in [0.717, 1.165) is 10.4 Å². The molecule has 84 valence electrons. The highest BCUT2D eigenvalue weighted by Crippen LogP contribution is 2.18. The second-order valence-electron chi connectivity index (χ2n) is 3.47. The maximum atomic E-state index is 12.3. The number of fused-ring (bicyclic) bond motifs is 1. The zero-order chi connectivity index (χ0) is 11.7. The second kappa shape index (κ2) is 4.20. The molecule has 4 nitrogen and oxygen atoms in total. The average molecular weight is 243 g/mol. The highest BCUT2D eigenvalue weighted by molar-refractivity contribution is 7.90. The van der Waals surface area contributed by atoms with E-state index < -0.39 is 11.4 Å². The molecule has 1 unspecified atom stereocenters. The van der Waals surface area contributed by atoms with Gasteiger partial charge in [-0.25, -0.2) is 4.98 Å². The number of benzene rings is 1. The first-order valence-electron chi connectivity index (χ1n) is 5.11. The summed E-state index contributed by atoms with van der Waals surface area (Å²) in [6.07, 6.45) is 4.97. The molecule has 0 fully saturated rings. The number of nitrogens with zero attached hydrogens (tertiary/aromatic N) is 3. The van der Waals surface area contributed by atoms with Gasteiger partial charge in [0.1, 0.15) is 16.9 Å². The topological polar surface area (TPSA) is 53.8 Å². The van der Waals surface area contributed by atoms with Crippen LogP contribution in [0.15, 0.2) is 59.9 Å². The van der Waals surface area contributed by atoms with Gasteiger partial charge in [-0.2, -0.15) is 0 Å². The maximum absolute atomic E-state index is 12.3. The highest BCUT2D eigenvalue weighted by Gasteiger charge is 2.17. The van der Waals surface area contributed by atoms with Crippen LogP contribution in [0.3, 0.4) is 0 Å². The van der Waals surface area contributed by atoms with Crippen molar-refractivity contribution in [2.45, 2.75) is 4.90 Å². The van der Waals surface area contributed by atoms with Crippen LogP contribution < -0.4 is 0 Å². The van der Waals surface area contributed by atoms with Crippen molar-refractivity contribution in [3.8, 4) is 0 Å². The molecule has 17 heavy (non-hydrogen) atoms. The fraction of sp³-hybridized carbons (Fsp3) is 0. The summed E-state index contributed by atoms with van der Waals surface area (Å²) >= 11 is -1.28. The van der Waals surface area contributed by atoms with Crippen molar-refractivity contribution in [2.24, 2.45) is 0 Å². The van der Waals surface area contributed by atoms with Gasteiger partial charge >= 0.3 is 0 Å². The SMILES string of the molecule is [O-][S+](c1ccccc1)n1ccc2nccnc21. The smallest absolute Gasteiger partial charge is 0.205 e. The largest absolute Gasteiger partial charge is 0.587 e. The van der Waals surface area contributed by atoms with Crippen LogP contribution in [0.4, 0.5) is 0 Å². The number of rotatable bonds is 2. The fourth-order valence-corrected chi connectivity index (χ4v) is 2.71. The molecule has 0 N–H and O–H groups in total. The Balaban J connectivity index is 2.10. The second-order valence-corrected chi connectivity index (χ2v) is 4.83. The van der Waals surface area contributed by atoms with Crippen LogP contribution in [0.25, 0.3) is 11.2 Å². The van der Waals surface area contributed by atoms with Gasteiger partial charge in [0, 0.05) is 12.4 Å². The Labute approximate surface area is 101 Å². The van der Waals surface area contributed by atoms with E-state index in [1.807, 2.05) is 36.4 Å². The molecule has 2 heterocycles. The summed E-state index contributed by atoms with van der Waals surface area (Å²) in [7, 11) is 0. The van der Waals surface area contributed by atoms with Gasteiger partial charge in [-0.05, 0) is 18.2 Å². The van der Waals surface area contributed by atoms with E-state index in [4.69, 9.17) is 0 Å². The van der Waals surface area contributed by atoms with Crippen molar-refractivity contribution in [1.29, 1.82) is 0 Å². The molecule has 2 aromatic heterocycles. The molecule has 0 spiro atoms. The van der Waals surface area contributed by atoms with Crippen molar-refractivity contribution < 1.29 is 4.55 Å². The van der Waals surface area contributed by atoms with Gasteiger partial charge in [0.25, 0.3) is 0 Å². The van der Waals surface area contributed by atoms with Crippen LogP contribution in [-0.2, 0) is 11.4 Å². The fourth-order valence-electron chi connectivity index (χ4n) is 1.62. The van der Waals surface area contributed by atoms with E-state index in [-0.39, 0.29) is 0 Å². The van der Waals surface area contributed by atoms with E-state index in [0.29, 0.717) is 5.65 Å². The first kappa shape index (κ1) is 10.3. The van der Waals surface area contributed by atoms with Gasteiger partial charge < -0.3 is 4.55 Å². The van der Waals surface area contributed by atoms with Gasteiger partial charge in [0.05, 0.1) is 6.20 Å². The van der Waals surface area contributed by atoms with Crippen LogP contribution in [0.5, 0.6) is 0 Å². The summed E-state index contributed by atoms with van der Waals surface area (Å²) < 4.78 is 14.0. The maximum Gasteiger partial charge on any atom is 0.205 e. The lowest BCUT2D eigenvalue weighted by atomic mass is 10.4. The third kappa shape index (κ3) is 1.79. The summed E-state index contributed by atoms with van der Waals surface area (Å²) in [5.41, 5.74) is 1.38. The molecule has 0 radical (unpaired) electrons. The molecule has 0 aliphatic heterocycles. The lowest BCUT2D eigenvalue weighted by Crippen LogP contribution is -2.12. The zero-order valence-electron chi connectivity index (χ0n) is 8.85. The van der Waals surface area contributed by atoms with Crippen LogP contribution in [-0.4, -0.2) is 18.5 Å². The van der Waals surface area contributed by atoms with Gasteiger partial charge in [-0.15, -0.1) is 3.97 Å². The Morgan fingerprint density at radius 3 is 2.59 bits per heavy atom. The molecule has 0 saturated carbocycles. The molecule has 0 saturated heterocycles. The molecule has 0 aliphatic rings. The third-order valence-corrected chi connectivity index (χ3v) is 3.73. The highest BCUT2D eigenvalue weighted by atomic mass is 32.2. The number of hydrogen-bond donors (Lipinski definition) is 0. The molecule has 3 aromatic rings. The Morgan fingerprint density at radius 2 is 1.76 bits per heavy atom. The van der Waals surface area contributed by atoms with Crippen molar-refractivity contribution >= 4 is 22.5 Å². The van der Waals surface area contributed by atoms with Gasteiger partial charge in [0.2, 0.25) is 5.65 Å². The summed E-state index contributed by atoms with van der Waals surface area (Å²) in [6.45, 7) is 0. The Morgan fingerprint density at radius 1 is 1.00 bits per heavy atom. The zero-order valence-corrected chi connectivity index (χ0v) is 9.67. The molecule has 1 aromatic carbocycles. The van der Waals surface area contributed by atoms with Crippen LogP contribution in [0.1, 0.15) is 0 Å². The predicted octanol–water partition coefficient (Wildman–Crippen LogP) is 2.00. The molecular formula is C12H9N3OS. The van der Waals surface area contributed by atoms with Crippen molar-refractivity contribution in [3.63, 3.8) is 0 Å². The lowest BCUT2D eigenvalue weighted by molar-refractivity contribution is 0.587. The van der Waals surface area contributed by atoms with E-state index in [2.05, 4.69) is 9.97 Å². The molecule has 0 bridgehead atoms. The molecule has 5 heteroatoms. The minimum Gasteiger partial charge on any atom is -0.587 e. The van der Waals surface area contributed by atoms with E-state index in [9.17, 15) is 4.55 Å². The summed E-state index contributed by atoms with van der Waals surface area (Å²) in [6, 6.07) is 11.1. The predicted molar refractivity (Wildman–Crippen MR) is 65.8 cm³/mol. The summed E-state index contributed by atoms with van der Waals surface area (Å²) in [5.74, 6) is 0. The normalized spacial score (nSPS) is 12.8. The van der Waals surface area contributed by atoms with E-state index in [1.165, 1.54) is 0 Å². The monoisotopic (exact) mass is 243 g/mol. The Kier molecular flexibility index (Phi) is 2.55. The number of aromatic nitrogens is 3. The quantitative estimate of drug-likeness (QED) is 0.647. The standard InChI is InChI=1S/C12H9N3OS/c16-17(10-4-2-1-3-5-10)15-9-6-11-12(15)14-8-7-13-11/h1-9H. The van der Waals surface area contributed by atoms with Crippen LogP contribution >= 0.6 is 0 Å². The number of hydrogen-bond acceptors (Lipinski definition) is 3. The first-order chi connectivity index (χ1) is 8.36. The Hall–Kier alpha value is -1.85. The van der Waals surface area contributed by atoms with E-state index >= 15 is 0 Å². The minimum atomic E-state index is -1.28. The van der Waals surface area contributed by atoms with Crippen LogP contribution in [0.2, 0.25) is 0 Å². The Bertz CT molecular complexity index is 638. The third-order valence-electron chi connectivity index (χ3n) is 2.41. The molecular weight excluding hydrogens is 234 g/mol. The van der Waals surface area contributed by atoms with Gasteiger partial charge in [-0.1, -0.05) is 18.2 Å². The molecule has 0 aliphatic carbocycles. The van der Waals surface area contributed by atoms with Crippen molar-refractivity contribution in [2.75, 3.05) is 0 Å². The summed E-state index contributed by atoms with van der Waals surface area (Å²) in [4.78, 5) is 9.10. The van der Waals surface area contributed by atoms with Crippen LogP contribution in [0, 0.1) is 0 Å². The summed E-state index contributed by atoms with van der Waals surface area (Å²) in [5, 5.41) is 0. The van der Waals surface area contributed by atoms with Crippen molar-refractivity contribution in [3.05, 3.63) is 55.0 Å². The van der Waals surface area contributed by atoms with Crippen molar-refractivity contribution in [1.82, 2.24) is 13.9 Å². The van der Waals surface area contributed by atoms with Gasteiger partial charge in [-0.3, -0.25) is 4.98 Å². The average Bonchev–Trinajstić information content (AvgIpc) is 2.83.